The quantitative estimate of drug-likeness (QED) is 0.510. The lowest BCUT2D eigenvalue weighted by atomic mass is 10.1. The fourth-order valence-corrected chi connectivity index (χ4v) is 3.98. The molecule has 2 aromatic carbocycles. The Hall–Kier alpha value is -2.32. The molecule has 0 bridgehead atoms. The van der Waals surface area contributed by atoms with Crippen molar-refractivity contribution in [2.24, 2.45) is 0 Å². The summed E-state index contributed by atoms with van der Waals surface area (Å²) in [5.74, 6) is 0.872. The smallest absolute Gasteiger partial charge is 0.230 e. The van der Waals surface area contributed by atoms with E-state index in [9.17, 15) is 9.90 Å². The van der Waals surface area contributed by atoms with Crippen LogP contribution in [0.4, 0.5) is 0 Å². The van der Waals surface area contributed by atoms with Crippen LogP contribution in [0.3, 0.4) is 0 Å². The summed E-state index contributed by atoms with van der Waals surface area (Å²) in [5, 5.41) is 22.2. The fourth-order valence-electron chi connectivity index (χ4n) is 2.81. The van der Waals surface area contributed by atoms with Gasteiger partial charge in [-0.2, -0.15) is 0 Å². The molecular formula is C20H21BrN4O2S. The number of hydrogen-bond acceptors (Lipinski definition) is 5. The minimum Gasteiger partial charge on any atom is -0.507 e. The molecule has 0 spiro atoms. The standard InChI is InChI=1S/C20H21BrN4O2S/c1-3-25-19(16-11-15(21)9-10-17(16)26)23-24-20(25)28-12-18(27)22-13(2)14-7-5-4-6-8-14/h4-11,13,26H,3,12H2,1-2H3,(H,22,27)/t13-/m1/s1. The average molecular weight is 461 g/mol. The molecule has 0 aliphatic heterocycles. The Morgan fingerprint density at radius 3 is 2.71 bits per heavy atom. The Kier molecular flexibility index (Phi) is 6.74. The lowest BCUT2D eigenvalue weighted by Gasteiger charge is -2.14. The maximum Gasteiger partial charge on any atom is 0.230 e. The van der Waals surface area contributed by atoms with Gasteiger partial charge in [-0.25, -0.2) is 0 Å². The monoisotopic (exact) mass is 460 g/mol. The Morgan fingerprint density at radius 1 is 1.25 bits per heavy atom. The third-order valence-electron chi connectivity index (χ3n) is 4.24. The lowest BCUT2D eigenvalue weighted by molar-refractivity contribution is -0.119. The van der Waals surface area contributed by atoms with Gasteiger partial charge in [-0.05, 0) is 37.6 Å². The van der Waals surface area contributed by atoms with E-state index in [2.05, 4.69) is 31.4 Å². The maximum absolute atomic E-state index is 12.3. The molecule has 0 radical (unpaired) electrons. The summed E-state index contributed by atoms with van der Waals surface area (Å²) in [4.78, 5) is 12.3. The summed E-state index contributed by atoms with van der Waals surface area (Å²) in [6.07, 6.45) is 0. The van der Waals surface area contributed by atoms with Crippen molar-refractivity contribution in [3.05, 3.63) is 58.6 Å². The molecule has 1 heterocycles. The molecule has 6 nitrogen and oxygen atoms in total. The first-order valence-corrected chi connectivity index (χ1v) is 10.7. The van der Waals surface area contributed by atoms with Crippen molar-refractivity contribution in [2.75, 3.05) is 5.75 Å². The van der Waals surface area contributed by atoms with Gasteiger partial charge in [-0.1, -0.05) is 58.0 Å². The van der Waals surface area contributed by atoms with Gasteiger partial charge in [0, 0.05) is 11.0 Å². The number of phenolic OH excluding ortho intramolecular Hbond substituents is 1. The second-order valence-electron chi connectivity index (χ2n) is 6.20. The number of nitrogens with one attached hydrogen (secondary N) is 1. The zero-order valence-corrected chi connectivity index (χ0v) is 18.0. The molecule has 0 aliphatic carbocycles. The molecular weight excluding hydrogens is 440 g/mol. The van der Waals surface area contributed by atoms with Crippen molar-refractivity contribution < 1.29 is 9.90 Å². The molecule has 0 saturated heterocycles. The first kappa shape index (κ1) is 20.4. The number of nitrogens with zero attached hydrogens (tertiary/aromatic N) is 3. The number of aromatic hydroxyl groups is 1. The van der Waals surface area contributed by atoms with Crippen LogP contribution in [0.5, 0.6) is 5.75 Å². The highest BCUT2D eigenvalue weighted by Crippen LogP contribution is 2.32. The van der Waals surface area contributed by atoms with E-state index in [0.29, 0.717) is 23.1 Å². The molecule has 3 aromatic rings. The van der Waals surface area contributed by atoms with Gasteiger partial charge in [-0.15, -0.1) is 10.2 Å². The van der Waals surface area contributed by atoms with Crippen molar-refractivity contribution in [1.82, 2.24) is 20.1 Å². The molecule has 0 saturated carbocycles. The second kappa shape index (κ2) is 9.25. The van der Waals surface area contributed by atoms with Crippen LogP contribution in [0, 0.1) is 0 Å². The summed E-state index contributed by atoms with van der Waals surface area (Å²) in [7, 11) is 0. The van der Waals surface area contributed by atoms with E-state index in [1.807, 2.05) is 48.7 Å². The SMILES string of the molecule is CCn1c(SCC(=O)N[C@H](C)c2ccccc2)nnc1-c1cc(Br)ccc1O. The summed E-state index contributed by atoms with van der Waals surface area (Å²) >= 11 is 4.74. The van der Waals surface area contributed by atoms with Crippen LogP contribution in [0.15, 0.2) is 58.2 Å². The van der Waals surface area contributed by atoms with Gasteiger partial charge >= 0.3 is 0 Å². The van der Waals surface area contributed by atoms with E-state index >= 15 is 0 Å². The van der Waals surface area contributed by atoms with Crippen molar-refractivity contribution in [2.45, 2.75) is 31.6 Å². The lowest BCUT2D eigenvalue weighted by Crippen LogP contribution is -2.28. The Balaban J connectivity index is 1.69. The van der Waals surface area contributed by atoms with Gasteiger partial charge in [0.1, 0.15) is 5.75 Å². The number of aromatic nitrogens is 3. The number of thioether (sulfide) groups is 1. The van der Waals surface area contributed by atoms with E-state index in [0.717, 1.165) is 10.0 Å². The number of carbonyl (C=O) groups excluding carboxylic acids is 1. The molecule has 1 amide bonds. The molecule has 8 heteroatoms. The Labute approximate surface area is 176 Å². The first-order valence-electron chi connectivity index (χ1n) is 8.88. The van der Waals surface area contributed by atoms with Crippen LogP contribution in [0.1, 0.15) is 25.5 Å². The number of hydrogen-bond donors (Lipinski definition) is 2. The van der Waals surface area contributed by atoms with E-state index in [1.165, 1.54) is 11.8 Å². The van der Waals surface area contributed by atoms with Crippen LogP contribution in [0.2, 0.25) is 0 Å². The zero-order valence-electron chi connectivity index (χ0n) is 15.6. The molecule has 146 valence electrons. The Bertz CT molecular complexity index is 962. The highest BCUT2D eigenvalue weighted by Gasteiger charge is 2.18. The van der Waals surface area contributed by atoms with E-state index in [-0.39, 0.29) is 23.5 Å². The van der Waals surface area contributed by atoms with Gasteiger partial charge in [0.05, 0.1) is 17.4 Å². The summed E-state index contributed by atoms with van der Waals surface area (Å²) < 4.78 is 2.73. The van der Waals surface area contributed by atoms with E-state index in [4.69, 9.17) is 0 Å². The number of carbonyl (C=O) groups is 1. The topological polar surface area (TPSA) is 80.0 Å². The van der Waals surface area contributed by atoms with Crippen LogP contribution >= 0.6 is 27.7 Å². The first-order chi connectivity index (χ1) is 13.5. The molecule has 1 atom stereocenters. The minimum absolute atomic E-state index is 0.0625. The Morgan fingerprint density at radius 2 is 2.00 bits per heavy atom. The molecule has 0 fully saturated rings. The highest BCUT2D eigenvalue weighted by molar-refractivity contribution is 9.10. The van der Waals surface area contributed by atoms with E-state index < -0.39 is 0 Å². The second-order valence-corrected chi connectivity index (χ2v) is 8.06. The number of benzene rings is 2. The molecule has 0 unspecified atom stereocenters. The van der Waals surface area contributed by atoms with Crippen molar-refractivity contribution in [3.63, 3.8) is 0 Å². The summed E-state index contributed by atoms with van der Waals surface area (Å²) in [6.45, 7) is 4.56. The predicted octanol–water partition coefficient (Wildman–Crippen LogP) is 4.40. The van der Waals surface area contributed by atoms with Gasteiger partial charge in [0.2, 0.25) is 5.91 Å². The minimum atomic E-state index is -0.0705. The summed E-state index contributed by atoms with van der Waals surface area (Å²) in [5.41, 5.74) is 1.66. The van der Waals surface area contributed by atoms with E-state index in [1.54, 1.807) is 18.2 Å². The van der Waals surface area contributed by atoms with Gasteiger partial charge in [-0.3, -0.25) is 4.79 Å². The molecule has 2 N–H and O–H groups in total. The third kappa shape index (κ3) is 4.74. The highest BCUT2D eigenvalue weighted by atomic mass is 79.9. The number of amides is 1. The molecule has 28 heavy (non-hydrogen) atoms. The molecule has 0 aliphatic rings. The number of phenols is 1. The van der Waals surface area contributed by atoms with Gasteiger partial charge < -0.3 is 15.0 Å². The van der Waals surface area contributed by atoms with Crippen LogP contribution in [-0.4, -0.2) is 31.5 Å². The van der Waals surface area contributed by atoms with Crippen LogP contribution < -0.4 is 5.32 Å². The third-order valence-corrected chi connectivity index (χ3v) is 5.70. The normalized spacial score (nSPS) is 12.0. The van der Waals surface area contributed by atoms with Crippen molar-refractivity contribution in [3.8, 4) is 17.1 Å². The zero-order chi connectivity index (χ0) is 20.1. The summed E-state index contributed by atoms with van der Waals surface area (Å²) in [6, 6.07) is 14.9. The average Bonchev–Trinajstić information content (AvgIpc) is 3.11. The van der Waals surface area contributed by atoms with Gasteiger partial charge in [0.15, 0.2) is 11.0 Å². The maximum atomic E-state index is 12.3. The number of halogens is 1. The van der Waals surface area contributed by atoms with Gasteiger partial charge in [0.25, 0.3) is 0 Å². The van der Waals surface area contributed by atoms with Crippen LogP contribution in [-0.2, 0) is 11.3 Å². The fraction of sp³-hybridized carbons (Fsp3) is 0.250. The van der Waals surface area contributed by atoms with Crippen molar-refractivity contribution in [1.29, 1.82) is 0 Å². The molecule has 3 rings (SSSR count). The number of rotatable bonds is 7. The largest absolute Gasteiger partial charge is 0.507 e. The molecule has 1 aromatic heterocycles. The predicted molar refractivity (Wildman–Crippen MR) is 114 cm³/mol. The van der Waals surface area contributed by atoms with Crippen molar-refractivity contribution >= 4 is 33.6 Å². The van der Waals surface area contributed by atoms with Crippen LogP contribution in [0.25, 0.3) is 11.4 Å².